The van der Waals surface area contributed by atoms with Gasteiger partial charge in [0.2, 0.25) is 5.91 Å². The average Bonchev–Trinajstić information content (AvgIpc) is 3.20. The van der Waals surface area contributed by atoms with E-state index in [1.165, 1.54) is 0 Å². The van der Waals surface area contributed by atoms with Gasteiger partial charge in [-0.1, -0.05) is 67.4 Å². The lowest BCUT2D eigenvalue weighted by atomic mass is 10.1. The molecule has 1 aromatic rings. The second-order valence-corrected chi connectivity index (χ2v) is 8.15. The lowest BCUT2D eigenvalue weighted by Crippen LogP contribution is -2.41. The van der Waals surface area contributed by atoms with Crippen LogP contribution in [0.2, 0.25) is 10.0 Å². The number of carbonyl (C=O) groups is 1. The van der Waals surface area contributed by atoms with Crippen LogP contribution in [0.1, 0.15) is 38.7 Å². The van der Waals surface area contributed by atoms with Crippen LogP contribution in [0.25, 0.3) is 0 Å². The summed E-state index contributed by atoms with van der Waals surface area (Å²) in [6.07, 6.45) is 3.95. The van der Waals surface area contributed by atoms with E-state index >= 15 is 0 Å². The lowest BCUT2D eigenvalue weighted by molar-refractivity contribution is -0.128. The lowest BCUT2D eigenvalue weighted by Gasteiger charge is -2.30. The number of nitrogens with zero attached hydrogens (tertiary/aromatic N) is 1. The van der Waals surface area contributed by atoms with Gasteiger partial charge in [-0.3, -0.25) is 4.79 Å². The summed E-state index contributed by atoms with van der Waals surface area (Å²) < 4.78 is 0. The van der Waals surface area contributed by atoms with Crippen LogP contribution >= 0.6 is 34.8 Å². The number of rotatable bonds is 6. The number of alkyl halides is 1. The Morgan fingerprint density at radius 1 is 1.42 bits per heavy atom. The van der Waals surface area contributed by atoms with Crippen molar-refractivity contribution in [2.24, 2.45) is 5.92 Å². The SMILES string of the molecule is C=CC(C)=CC(=O)N(CC(C)C)C1(Cl)CC1c1ccc(Cl)c(Cl)c1. The second kappa shape index (κ2) is 7.51. The number of hydrogen-bond acceptors (Lipinski definition) is 1. The molecule has 0 radical (unpaired) electrons. The molecular weight excluding hydrogens is 365 g/mol. The topological polar surface area (TPSA) is 20.3 Å². The number of halogens is 3. The van der Waals surface area contributed by atoms with Crippen LogP contribution in [-0.2, 0) is 4.79 Å². The molecule has 5 heteroatoms. The molecule has 0 N–H and O–H groups in total. The maximum Gasteiger partial charge on any atom is 0.248 e. The quantitative estimate of drug-likeness (QED) is 0.253. The van der Waals surface area contributed by atoms with E-state index in [2.05, 4.69) is 20.4 Å². The number of hydrogen-bond donors (Lipinski definition) is 0. The molecule has 1 fully saturated rings. The summed E-state index contributed by atoms with van der Waals surface area (Å²) in [5.74, 6) is 0.282. The zero-order chi connectivity index (χ0) is 18.1. The molecule has 1 aliphatic rings. The van der Waals surface area contributed by atoms with Gasteiger partial charge in [0.1, 0.15) is 5.00 Å². The van der Waals surface area contributed by atoms with E-state index in [0.717, 1.165) is 11.1 Å². The fourth-order valence-electron chi connectivity index (χ4n) is 2.75. The van der Waals surface area contributed by atoms with Gasteiger partial charge in [0.25, 0.3) is 0 Å². The Morgan fingerprint density at radius 3 is 2.62 bits per heavy atom. The number of carbonyl (C=O) groups excluding carboxylic acids is 1. The molecule has 1 aromatic carbocycles. The summed E-state index contributed by atoms with van der Waals surface area (Å²) >= 11 is 18.9. The molecule has 2 rings (SSSR count). The fourth-order valence-corrected chi connectivity index (χ4v) is 3.49. The van der Waals surface area contributed by atoms with E-state index in [1.54, 1.807) is 23.1 Å². The standard InChI is InChI=1S/C19H22Cl3NO/c1-5-13(4)8-18(24)23(11-12(2)3)19(22)10-15(19)14-6-7-16(20)17(21)9-14/h5-9,12,15H,1,10-11H2,2-4H3. The molecule has 130 valence electrons. The molecule has 1 aliphatic carbocycles. The van der Waals surface area contributed by atoms with Crippen LogP contribution in [0.5, 0.6) is 0 Å². The molecule has 2 unspecified atom stereocenters. The van der Waals surface area contributed by atoms with Crippen molar-refractivity contribution in [3.05, 3.63) is 58.1 Å². The average molecular weight is 387 g/mol. The van der Waals surface area contributed by atoms with Crippen LogP contribution < -0.4 is 0 Å². The maximum atomic E-state index is 12.7. The van der Waals surface area contributed by atoms with Crippen molar-refractivity contribution in [1.82, 2.24) is 4.90 Å². The summed E-state index contributed by atoms with van der Waals surface area (Å²) in [5.41, 5.74) is 1.83. The van der Waals surface area contributed by atoms with E-state index < -0.39 is 5.00 Å². The van der Waals surface area contributed by atoms with Crippen molar-refractivity contribution < 1.29 is 4.79 Å². The summed E-state index contributed by atoms with van der Waals surface area (Å²) in [6.45, 7) is 10.3. The smallest absolute Gasteiger partial charge is 0.248 e. The molecular formula is C19H22Cl3NO. The third-order valence-corrected chi connectivity index (χ3v) is 5.51. The number of amides is 1. The molecule has 0 aromatic heterocycles. The highest BCUT2D eigenvalue weighted by molar-refractivity contribution is 6.42. The Bertz CT molecular complexity index is 683. The van der Waals surface area contributed by atoms with Gasteiger partial charge >= 0.3 is 0 Å². The van der Waals surface area contributed by atoms with E-state index in [0.29, 0.717) is 28.9 Å². The first-order chi connectivity index (χ1) is 11.2. The molecule has 0 saturated heterocycles. The first-order valence-corrected chi connectivity index (χ1v) is 9.08. The monoisotopic (exact) mass is 385 g/mol. The Hall–Kier alpha value is -0.960. The van der Waals surface area contributed by atoms with Crippen molar-refractivity contribution >= 4 is 40.7 Å². The van der Waals surface area contributed by atoms with Crippen LogP contribution in [0.3, 0.4) is 0 Å². The zero-order valence-electron chi connectivity index (χ0n) is 14.2. The third-order valence-electron chi connectivity index (χ3n) is 4.15. The third kappa shape index (κ3) is 4.17. The first kappa shape index (κ1) is 19.4. The molecule has 2 atom stereocenters. The second-order valence-electron chi connectivity index (χ2n) is 6.68. The highest BCUT2D eigenvalue weighted by Crippen LogP contribution is 2.59. The van der Waals surface area contributed by atoms with Crippen molar-refractivity contribution in [2.75, 3.05) is 6.54 Å². The summed E-state index contributed by atoms with van der Waals surface area (Å²) in [4.78, 5) is 13.8. The Kier molecular flexibility index (Phi) is 6.06. The molecule has 1 saturated carbocycles. The fraction of sp³-hybridized carbons (Fsp3) is 0.421. The maximum absolute atomic E-state index is 12.7. The zero-order valence-corrected chi connectivity index (χ0v) is 16.4. The summed E-state index contributed by atoms with van der Waals surface area (Å²) in [6, 6.07) is 5.53. The number of benzene rings is 1. The van der Waals surface area contributed by atoms with Gasteiger partial charge in [0.15, 0.2) is 0 Å². The molecule has 2 nitrogen and oxygen atoms in total. The van der Waals surface area contributed by atoms with Crippen molar-refractivity contribution in [3.63, 3.8) is 0 Å². The predicted octanol–water partition coefficient (Wildman–Crippen LogP) is 6.03. The Morgan fingerprint density at radius 2 is 2.08 bits per heavy atom. The van der Waals surface area contributed by atoms with E-state index in [1.807, 2.05) is 19.1 Å². The van der Waals surface area contributed by atoms with Crippen LogP contribution in [0, 0.1) is 5.92 Å². The van der Waals surface area contributed by atoms with Crippen LogP contribution in [0.15, 0.2) is 42.5 Å². The Labute approximate surface area is 159 Å². The highest BCUT2D eigenvalue weighted by atomic mass is 35.5. The summed E-state index contributed by atoms with van der Waals surface area (Å²) in [5, 5.41) is 1.02. The van der Waals surface area contributed by atoms with E-state index in [9.17, 15) is 4.79 Å². The van der Waals surface area contributed by atoms with Gasteiger partial charge < -0.3 is 4.90 Å². The minimum atomic E-state index is -0.712. The van der Waals surface area contributed by atoms with Crippen LogP contribution in [-0.4, -0.2) is 22.3 Å². The van der Waals surface area contributed by atoms with Gasteiger partial charge in [0, 0.05) is 18.5 Å². The number of allylic oxidation sites excluding steroid dienone is 2. The van der Waals surface area contributed by atoms with Gasteiger partial charge in [0.05, 0.1) is 10.0 Å². The molecule has 0 bridgehead atoms. The molecule has 0 aliphatic heterocycles. The van der Waals surface area contributed by atoms with Gasteiger partial charge in [-0.2, -0.15) is 0 Å². The molecule has 0 heterocycles. The van der Waals surface area contributed by atoms with Gasteiger partial charge in [-0.25, -0.2) is 0 Å². The summed E-state index contributed by atoms with van der Waals surface area (Å²) in [7, 11) is 0. The van der Waals surface area contributed by atoms with Crippen molar-refractivity contribution in [1.29, 1.82) is 0 Å². The van der Waals surface area contributed by atoms with Crippen molar-refractivity contribution in [3.8, 4) is 0 Å². The van der Waals surface area contributed by atoms with Crippen molar-refractivity contribution in [2.45, 2.75) is 38.1 Å². The Balaban J connectivity index is 2.28. The minimum absolute atomic E-state index is 0.0501. The van der Waals surface area contributed by atoms with Gasteiger partial charge in [-0.15, -0.1) is 0 Å². The van der Waals surface area contributed by atoms with E-state index in [-0.39, 0.29) is 11.8 Å². The van der Waals surface area contributed by atoms with Gasteiger partial charge in [-0.05, 0) is 42.5 Å². The predicted molar refractivity (Wildman–Crippen MR) is 103 cm³/mol. The minimum Gasteiger partial charge on any atom is -0.319 e. The molecule has 24 heavy (non-hydrogen) atoms. The normalized spacial score (nSPS) is 23.3. The largest absolute Gasteiger partial charge is 0.319 e. The molecule has 1 amide bonds. The first-order valence-electron chi connectivity index (χ1n) is 7.95. The molecule has 0 spiro atoms. The van der Waals surface area contributed by atoms with Crippen LogP contribution in [0.4, 0.5) is 0 Å². The highest BCUT2D eigenvalue weighted by Gasteiger charge is 2.59. The van der Waals surface area contributed by atoms with E-state index in [4.69, 9.17) is 34.8 Å².